The number of aryl methyl sites for hydroxylation is 2. The fourth-order valence-electron chi connectivity index (χ4n) is 2.69. The third-order valence-corrected chi connectivity index (χ3v) is 5.98. The Labute approximate surface area is 162 Å². The number of aliphatic imine (C=N–C) groups is 1. The molecule has 0 bridgehead atoms. The highest BCUT2D eigenvalue weighted by molar-refractivity contribution is 14.0. The lowest BCUT2D eigenvalue weighted by Crippen LogP contribution is -2.41. The SMILES string of the molecule is CN=C(NCCN1CCCS1(=O)=O)NCc1ccc(C)cc1C.I. The molecule has 0 unspecified atom stereocenters. The highest BCUT2D eigenvalue weighted by Gasteiger charge is 2.27. The van der Waals surface area contributed by atoms with Gasteiger partial charge in [0.1, 0.15) is 0 Å². The smallest absolute Gasteiger partial charge is 0.214 e. The quantitative estimate of drug-likeness (QED) is 0.393. The van der Waals surface area contributed by atoms with Crippen molar-refractivity contribution in [3.63, 3.8) is 0 Å². The second-order valence-corrected chi connectivity index (χ2v) is 7.94. The van der Waals surface area contributed by atoms with Crippen molar-refractivity contribution in [1.29, 1.82) is 0 Å². The minimum Gasteiger partial charge on any atom is -0.355 e. The number of halogens is 1. The van der Waals surface area contributed by atoms with Crippen molar-refractivity contribution in [1.82, 2.24) is 14.9 Å². The summed E-state index contributed by atoms with van der Waals surface area (Å²) in [6, 6.07) is 6.37. The molecule has 0 aliphatic carbocycles. The third-order valence-electron chi connectivity index (χ3n) is 4.02. The average Bonchev–Trinajstić information content (AvgIpc) is 2.83. The summed E-state index contributed by atoms with van der Waals surface area (Å²) in [4.78, 5) is 4.18. The topological polar surface area (TPSA) is 73.8 Å². The maximum Gasteiger partial charge on any atom is 0.214 e. The van der Waals surface area contributed by atoms with Crippen LogP contribution in [0, 0.1) is 13.8 Å². The van der Waals surface area contributed by atoms with Gasteiger partial charge in [0.05, 0.1) is 5.75 Å². The van der Waals surface area contributed by atoms with Crippen LogP contribution in [0.25, 0.3) is 0 Å². The molecule has 2 N–H and O–H groups in total. The fourth-order valence-corrected chi connectivity index (χ4v) is 4.21. The zero-order chi connectivity index (χ0) is 16.9. The first-order valence-electron chi connectivity index (χ1n) is 7.91. The van der Waals surface area contributed by atoms with Crippen molar-refractivity contribution >= 4 is 40.0 Å². The Balaban J connectivity index is 0.00000288. The zero-order valence-electron chi connectivity index (χ0n) is 14.5. The van der Waals surface area contributed by atoms with E-state index in [0.717, 1.165) is 6.42 Å². The summed E-state index contributed by atoms with van der Waals surface area (Å²) in [6.07, 6.45) is 0.724. The monoisotopic (exact) mass is 466 g/mol. The van der Waals surface area contributed by atoms with Gasteiger partial charge >= 0.3 is 0 Å². The van der Waals surface area contributed by atoms with E-state index in [1.807, 2.05) is 0 Å². The lowest BCUT2D eigenvalue weighted by molar-refractivity contribution is 0.445. The summed E-state index contributed by atoms with van der Waals surface area (Å²) in [5.41, 5.74) is 3.72. The molecule has 1 saturated heterocycles. The summed E-state index contributed by atoms with van der Waals surface area (Å²) in [6.45, 7) is 6.51. The molecular formula is C16H27IN4O2S. The molecule has 0 radical (unpaired) electrons. The van der Waals surface area contributed by atoms with E-state index in [9.17, 15) is 8.42 Å². The summed E-state index contributed by atoms with van der Waals surface area (Å²) >= 11 is 0. The molecule has 1 aromatic rings. The standard InChI is InChI=1S/C16H26N4O2S.HI/c1-13-5-6-15(14(2)11-13)12-19-16(17-3)18-7-9-20-8-4-10-23(20,21)22;/h5-6,11H,4,7-10,12H2,1-3H3,(H2,17,18,19);1H. The van der Waals surface area contributed by atoms with Crippen LogP contribution in [0.15, 0.2) is 23.2 Å². The van der Waals surface area contributed by atoms with Crippen molar-refractivity contribution in [2.24, 2.45) is 4.99 Å². The number of guanidine groups is 1. The first-order chi connectivity index (χ1) is 10.9. The van der Waals surface area contributed by atoms with Crippen LogP contribution < -0.4 is 10.6 Å². The lowest BCUT2D eigenvalue weighted by atomic mass is 10.1. The van der Waals surface area contributed by atoms with Crippen molar-refractivity contribution in [3.8, 4) is 0 Å². The van der Waals surface area contributed by atoms with Crippen molar-refractivity contribution in [3.05, 3.63) is 34.9 Å². The molecule has 1 fully saturated rings. The van der Waals surface area contributed by atoms with Gasteiger partial charge in [-0.3, -0.25) is 4.99 Å². The molecule has 1 aliphatic heterocycles. The number of nitrogens with one attached hydrogen (secondary N) is 2. The van der Waals surface area contributed by atoms with Gasteiger partial charge in [-0.15, -0.1) is 24.0 Å². The first kappa shape index (κ1) is 21.2. The van der Waals surface area contributed by atoms with Crippen molar-refractivity contribution in [2.45, 2.75) is 26.8 Å². The summed E-state index contributed by atoms with van der Waals surface area (Å²) < 4.78 is 25.0. The van der Waals surface area contributed by atoms with E-state index in [1.165, 1.54) is 21.0 Å². The number of nitrogens with zero attached hydrogens (tertiary/aromatic N) is 2. The zero-order valence-corrected chi connectivity index (χ0v) is 17.6. The van der Waals surface area contributed by atoms with Crippen LogP contribution in [-0.4, -0.2) is 51.1 Å². The molecule has 0 atom stereocenters. The third kappa shape index (κ3) is 5.89. The van der Waals surface area contributed by atoms with Gasteiger partial charge < -0.3 is 10.6 Å². The van der Waals surface area contributed by atoms with E-state index in [2.05, 4.69) is 47.7 Å². The Morgan fingerprint density at radius 3 is 2.62 bits per heavy atom. The Bertz CT molecular complexity index is 677. The number of sulfonamides is 1. The van der Waals surface area contributed by atoms with E-state index >= 15 is 0 Å². The Kier molecular flexibility index (Phi) is 8.44. The normalized spacial score (nSPS) is 17.4. The van der Waals surface area contributed by atoms with E-state index in [1.54, 1.807) is 7.05 Å². The van der Waals surface area contributed by atoms with Crippen LogP contribution in [0.5, 0.6) is 0 Å². The van der Waals surface area contributed by atoms with Gasteiger partial charge in [-0.2, -0.15) is 0 Å². The number of benzene rings is 1. The van der Waals surface area contributed by atoms with E-state index < -0.39 is 10.0 Å². The second-order valence-electron chi connectivity index (χ2n) is 5.85. The van der Waals surface area contributed by atoms with Crippen LogP contribution in [-0.2, 0) is 16.6 Å². The Morgan fingerprint density at radius 2 is 2.04 bits per heavy atom. The average molecular weight is 466 g/mol. The van der Waals surface area contributed by atoms with Gasteiger partial charge in [-0.05, 0) is 31.4 Å². The van der Waals surface area contributed by atoms with E-state index in [0.29, 0.717) is 32.1 Å². The highest BCUT2D eigenvalue weighted by Crippen LogP contribution is 2.12. The molecule has 2 rings (SSSR count). The molecule has 0 amide bonds. The lowest BCUT2D eigenvalue weighted by Gasteiger charge is -2.17. The molecule has 0 spiro atoms. The Morgan fingerprint density at radius 1 is 1.29 bits per heavy atom. The van der Waals surface area contributed by atoms with Gasteiger partial charge in [0.15, 0.2) is 5.96 Å². The van der Waals surface area contributed by atoms with Gasteiger partial charge in [-0.25, -0.2) is 12.7 Å². The molecule has 1 aromatic carbocycles. The molecule has 136 valence electrons. The maximum absolute atomic E-state index is 11.7. The predicted octanol–water partition coefficient (Wildman–Crippen LogP) is 1.62. The van der Waals surface area contributed by atoms with Crippen LogP contribution >= 0.6 is 24.0 Å². The van der Waals surface area contributed by atoms with Crippen LogP contribution in [0.1, 0.15) is 23.1 Å². The molecule has 1 heterocycles. The molecule has 6 nitrogen and oxygen atoms in total. The van der Waals surface area contributed by atoms with Gasteiger partial charge in [0.25, 0.3) is 0 Å². The molecule has 8 heteroatoms. The first-order valence-corrected chi connectivity index (χ1v) is 9.52. The summed E-state index contributed by atoms with van der Waals surface area (Å²) in [7, 11) is -1.31. The number of rotatable bonds is 5. The summed E-state index contributed by atoms with van der Waals surface area (Å²) in [5.74, 6) is 0.953. The molecule has 24 heavy (non-hydrogen) atoms. The van der Waals surface area contributed by atoms with Crippen LogP contribution in [0.3, 0.4) is 0 Å². The van der Waals surface area contributed by atoms with Gasteiger partial charge in [0, 0.05) is 33.2 Å². The summed E-state index contributed by atoms with van der Waals surface area (Å²) in [5, 5.41) is 6.43. The maximum atomic E-state index is 11.7. The van der Waals surface area contributed by atoms with Crippen LogP contribution in [0.2, 0.25) is 0 Å². The minimum atomic E-state index is -3.02. The molecule has 0 saturated carbocycles. The van der Waals surface area contributed by atoms with Crippen molar-refractivity contribution < 1.29 is 8.42 Å². The highest BCUT2D eigenvalue weighted by atomic mass is 127. The van der Waals surface area contributed by atoms with Crippen LogP contribution in [0.4, 0.5) is 0 Å². The second kappa shape index (κ2) is 9.57. The molecule has 1 aliphatic rings. The fraction of sp³-hybridized carbons (Fsp3) is 0.562. The molecular weight excluding hydrogens is 439 g/mol. The number of hydrogen-bond donors (Lipinski definition) is 2. The van der Waals surface area contributed by atoms with Crippen molar-refractivity contribution in [2.75, 3.05) is 32.4 Å². The Hall–Kier alpha value is -0.870. The van der Waals surface area contributed by atoms with E-state index in [-0.39, 0.29) is 29.7 Å². The van der Waals surface area contributed by atoms with Gasteiger partial charge in [0.2, 0.25) is 10.0 Å². The molecule has 0 aromatic heterocycles. The minimum absolute atomic E-state index is 0. The van der Waals surface area contributed by atoms with E-state index in [4.69, 9.17) is 0 Å². The predicted molar refractivity (Wildman–Crippen MR) is 110 cm³/mol. The number of hydrogen-bond acceptors (Lipinski definition) is 3. The largest absolute Gasteiger partial charge is 0.355 e. The van der Waals surface area contributed by atoms with Gasteiger partial charge in [-0.1, -0.05) is 23.8 Å².